The Kier molecular flexibility index (Phi) is 8.46. The number of hydrogen-bond acceptors (Lipinski definition) is 2. The second kappa shape index (κ2) is 8.52. The van der Waals surface area contributed by atoms with E-state index in [0.717, 1.165) is 25.5 Å². The topological polar surface area (TPSA) is 21.3 Å². The molecule has 0 aromatic rings. The van der Waals surface area contributed by atoms with Crippen LogP contribution in [0.4, 0.5) is 0 Å². The molecule has 0 bridgehead atoms. The van der Waals surface area contributed by atoms with E-state index in [1.165, 1.54) is 12.8 Å². The van der Waals surface area contributed by atoms with E-state index in [2.05, 4.69) is 26.1 Å². The Morgan fingerprint density at radius 3 is 2.08 bits per heavy atom. The van der Waals surface area contributed by atoms with Gasteiger partial charge in [-0.1, -0.05) is 33.6 Å². The average molecular weight is 187 g/mol. The Bertz CT molecular complexity index is 102. The summed E-state index contributed by atoms with van der Waals surface area (Å²) in [6.45, 7) is 8.68. The van der Waals surface area contributed by atoms with Crippen molar-refractivity contribution in [2.45, 2.75) is 46.1 Å². The van der Waals surface area contributed by atoms with Crippen LogP contribution in [0.5, 0.6) is 0 Å². The lowest BCUT2D eigenvalue weighted by Crippen LogP contribution is -2.35. The van der Waals surface area contributed by atoms with E-state index >= 15 is 0 Å². The highest BCUT2D eigenvalue weighted by molar-refractivity contribution is 4.66. The largest absolute Gasteiger partial charge is 0.383 e. The van der Waals surface area contributed by atoms with Gasteiger partial charge in [0.25, 0.3) is 0 Å². The third-order valence-corrected chi connectivity index (χ3v) is 2.71. The minimum atomic E-state index is 0.533. The zero-order valence-electron chi connectivity index (χ0n) is 9.60. The summed E-state index contributed by atoms with van der Waals surface area (Å²) >= 11 is 0. The van der Waals surface area contributed by atoms with Crippen molar-refractivity contribution in [1.82, 2.24) is 5.32 Å². The lowest BCUT2D eigenvalue weighted by atomic mass is 10.0. The second-order valence-electron chi connectivity index (χ2n) is 3.65. The van der Waals surface area contributed by atoms with Gasteiger partial charge >= 0.3 is 0 Å². The minimum Gasteiger partial charge on any atom is -0.383 e. The molecule has 0 spiro atoms. The van der Waals surface area contributed by atoms with Gasteiger partial charge in [-0.05, 0) is 18.9 Å². The number of hydrogen-bond donors (Lipinski definition) is 1. The summed E-state index contributed by atoms with van der Waals surface area (Å²) in [5.41, 5.74) is 0. The predicted molar refractivity (Wildman–Crippen MR) is 58.0 cm³/mol. The van der Waals surface area contributed by atoms with Crippen molar-refractivity contribution in [2.24, 2.45) is 5.92 Å². The van der Waals surface area contributed by atoms with Crippen LogP contribution in [0.2, 0.25) is 0 Å². The molecule has 1 atom stereocenters. The molecule has 13 heavy (non-hydrogen) atoms. The first-order valence-corrected chi connectivity index (χ1v) is 5.50. The molecule has 0 aliphatic heterocycles. The first kappa shape index (κ1) is 12.9. The fourth-order valence-electron chi connectivity index (χ4n) is 1.43. The van der Waals surface area contributed by atoms with E-state index in [0.29, 0.717) is 6.04 Å². The molecular weight excluding hydrogens is 162 g/mol. The monoisotopic (exact) mass is 187 g/mol. The van der Waals surface area contributed by atoms with Gasteiger partial charge in [0.1, 0.15) is 0 Å². The molecule has 0 aromatic heterocycles. The van der Waals surface area contributed by atoms with Crippen molar-refractivity contribution in [3.63, 3.8) is 0 Å². The van der Waals surface area contributed by atoms with Crippen LogP contribution in [-0.2, 0) is 4.74 Å². The maximum Gasteiger partial charge on any atom is 0.0615 e. The molecule has 2 nitrogen and oxygen atoms in total. The first-order chi connectivity index (χ1) is 6.28. The maximum atomic E-state index is 5.13. The fourth-order valence-corrected chi connectivity index (χ4v) is 1.43. The van der Waals surface area contributed by atoms with Crippen LogP contribution in [0.1, 0.15) is 40.0 Å². The molecular formula is C11H25NO. The first-order valence-electron chi connectivity index (χ1n) is 5.50. The van der Waals surface area contributed by atoms with Crippen LogP contribution >= 0.6 is 0 Å². The van der Waals surface area contributed by atoms with Crippen molar-refractivity contribution in [2.75, 3.05) is 20.3 Å². The Hall–Kier alpha value is -0.0800. The molecule has 0 rings (SSSR count). The van der Waals surface area contributed by atoms with Gasteiger partial charge in [0, 0.05) is 13.2 Å². The van der Waals surface area contributed by atoms with E-state index in [4.69, 9.17) is 4.74 Å². The quantitative estimate of drug-likeness (QED) is 0.630. The molecule has 0 radical (unpaired) electrons. The second-order valence-corrected chi connectivity index (χ2v) is 3.65. The van der Waals surface area contributed by atoms with Gasteiger partial charge < -0.3 is 10.1 Å². The summed E-state index contributed by atoms with van der Waals surface area (Å²) in [6.07, 6.45) is 3.69. The smallest absolute Gasteiger partial charge is 0.0615 e. The number of ether oxygens (including phenoxy) is 1. The summed E-state index contributed by atoms with van der Waals surface area (Å²) in [7, 11) is 1.77. The fraction of sp³-hybridized carbons (Fsp3) is 1.00. The zero-order chi connectivity index (χ0) is 10.1. The third-order valence-electron chi connectivity index (χ3n) is 2.71. The standard InChI is InChI=1S/C11H25NO/c1-5-10(6-2)8-12-11(7-3)9-13-4/h10-12H,5-9H2,1-4H3. The number of nitrogens with one attached hydrogen (secondary N) is 1. The summed E-state index contributed by atoms with van der Waals surface area (Å²) in [4.78, 5) is 0. The van der Waals surface area contributed by atoms with E-state index < -0.39 is 0 Å². The Labute approximate surface area is 83.1 Å². The molecule has 0 saturated heterocycles. The molecule has 80 valence electrons. The minimum absolute atomic E-state index is 0.533. The van der Waals surface area contributed by atoms with Crippen molar-refractivity contribution in [3.05, 3.63) is 0 Å². The molecule has 0 fully saturated rings. The van der Waals surface area contributed by atoms with Gasteiger partial charge in [-0.2, -0.15) is 0 Å². The summed E-state index contributed by atoms with van der Waals surface area (Å²) in [5, 5.41) is 3.55. The van der Waals surface area contributed by atoms with Crippen molar-refractivity contribution in [1.29, 1.82) is 0 Å². The lowest BCUT2D eigenvalue weighted by Gasteiger charge is -2.19. The highest BCUT2D eigenvalue weighted by atomic mass is 16.5. The Balaban J connectivity index is 3.56. The van der Waals surface area contributed by atoms with E-state index in [9.17, 15) is 0 Å². The highest BCUT2D eigenvalue weighted by Crippen LogP contribution is 2.06. The van der Waals surface area contributed by atoms with Crippen molar-refractivity contribution >= 4 is 0 Å². The van der Waals surface area contributed by atoms with Gasteiger partial charge in [-0.25, -0.2) is 0 Å². The van der Waals surface area contributed by atoms with Gasteiger partial charge in [0.2, 0.25) is 0 Å². The Morgan fingerprint density at radius 1 is 1.08 bits per heavy atom. The molecule has 0 aromatic carbocycles. The van der Waals surface area contributed by atoms with E-state index in [1.807, 2.05) is 0 Å². The molecule has 0 amide bonds. The molecule has 0 aliphatic carbocycles. The SMILES string of the molecule is CCC(CC)CNC(CC)COC. The molecule has 0 heterocycles. The molecule has 1 N–H and O–H groups in total. The van der Waals surface area contributed by atoms with Crippen molar-refractivity contribution in [3.8, 4) is 0 Å². The summed E-state index contributed by atoms with van der Waals surface area (Å²) < 4.78 is 5.13. The van der Waals surface area contributed by atoms with Crippen LogP contribution < -0.4 is 5.32 Å². The van der Waals surface area contributed by atoms with E-state index in [-0.39, 0.29) is 0 Å². The molecule has 0 aliphatic rings. The highest BCUT2D eigenvalue weighted by Gasteiger charge is 2.08. The average Bonchev–Trinajstić information content (AvgIpc) is 2.17. The van der Waals surface area contributed by atoms with Gasteiger partial charge in [0.05, 0.1) is 6.61 Å². The van der Waals surface area contributed by atoms with Crippen LogP contribution in [0, 0.1) is 5.92 Å². The van der Waals surface area contributed by atoms with Crippen LogP contribution in [0.3, 0.4) is 0 Å². The Morgan fingerprint density at radius 2 is 1.69 bits per heavy atom. The van der Waals surface area contributed by atoms with Crippen molar-refractivity contribution < 1.29 is 4.74 Å². The van der Waals surface area contributed by atoms with Gasteiger partial charge in [-0.15, -0.1) is 0 Å². The van der Waals surface area contributed by atoms with Gasteiger partial charge in [-0.3, -0.25) is 0 Å². The van der Waals surface area contributed by atoms with Gasteiger partial charge in [0.15, 0.2) is 0 Å². The molecule has 2 heteroatoms. The maximum absolute atomic E-state index is 5.13. The van der Waals surface area contributed by atoms with Crippen LogP contribution in [0.15, 0.2) is 0 Å². The van der Waals surface area contributed by atoms with Crippen LogP contribution in [0.25, 0.3) is 0 Å². The summed E-state index contributed by atoms with van der Waals surface area (Å²) in [6, 6.07) is 0.533. The lowest BCUT2D eigenvalue weighted by molar-refractivity contribution is 0.161. The zero-order valence-corrected chi connectivity index (χ0v) is 9.60. The summed E-state index contributed by atoms with van der Waals surface area (Å²) in [5.74, 6) is 0.825. The number of methoxy groups -OCH3 is 1. The molecule has 0 saturated carbocycles. The molecule has 1 unspecified atom stereocenters. The normalized spacial score (nSPS) is 13.6. The number of rotatable bonds is 8. The van der Waals surface area contributed by atoms with Crippen LogP contribution in [-0.4, -0.2) is 26.3 Å². The van der Waals surface area contributed by atoms with E-state index in [1.54, 1.807) is 7.11 Å². The predicted octanol–water partition coefficient (Wildman–Crippen LogP) is 2.44. The third kappa shape index (κ3) is 6.05.